The third-order valence-corrected chi connectivity index (χ3v) is 4.81. The highest BCUT2D eigenvalue weighted by molar-refractivity contribution is 6.38. The van der Waals surface area contributed by atoms with Crippen LogP contribution >= 0.6 is 35.6 Å². The van der Waals surface area contributed by atoms with Crippen molar-refractivity contribution >= 4 is 35.6 Å². The molecule has 0 amide bonds. The molecule has 2 unspecified atom stereocenters. The number of aromatic nitrogens is 2. The third kappa shape index (κ3) is 3.25. The molecule has 7 heteroatoms. The fraction of sp³-hybridized carbons (Fsp3) is 0.467. The second-order valence-electron chi connectivity index (χ2n) is 5.86. The number of halogens is 3. The molecule has 1 saturated carbocycles. The van der Waals surface area contributed by atoms with Crippen molar-refractivity contribution < 1.29 is 4.52 Å². The molecule has 0 aliphatic heterocycles. The highest BCUT2D eigenvalue weighted by atomic mass is 35.5. The van der Waals surface area contributed by atoms with E-state index in [-0.39, 0.29) is 23.9 Å². The topological polar surface area (TPSA) is 64.9 Å². The molecular formula is C15H18Cl3N3O. The van der Waals surface area contributed by atoms with E-state index < -0.39 is 0 Å². The van der Waals surface area contributed by atoms with Crippen molar-refractivity contribution in [2.24, 2.45) is 5.73 Å². The largest absolute Gasteiger partial charge is 0.339 e. The zero-order valence-electron chi connectivity index (χ0n) is 12.2. The first-order chi connectivity index (χ1) is 9.99. The van der Waals surface area contributed by atoms with Gasteiger partial charge in [-0.2, -0.15) is 4.98 Å². The van der Waals surface area contributed by atoms with Crippen LogP contribution in [0.5, 0.6) is 0 Å². The Labute approximate surface area is 145 Å². The van der Waals surface area contributed by atoms with Gasteiger partial charge in [0.15, 0.2) is 0 Å². The van der Waals surface area contributed by atoms with Gasteiger partial charge in [-0.25, -0.2) is 0 Å². The molecule has 0 radical (unpaired) electrons. The summed E-state index contributed by atoms with van der Waals surface area (Å²) in [5.41, 5.74) is 6.67. The number of hydrogen-bond donors (Lipinski definition) is 1. The van der Waals surface area contributed by atoms with E-state index in [2.05, 4.69) is 10.1 Å². The Bertz CT molecular complexity index is 637. The minimum absolute atomic E-state index is 0. The highest BCUT2D eigenvalue weighted by Gasteiger charge is 2.37. The molecule has 1 aromatic heterocycles. The zero-order valence-corrected chi connectivity index (χ0v) is 14.5. The monoisotopic (exact) mass is 361 g/mol. The first-order valence-electron chi connectivity index (χ1n) is 7.06. The maximum atomic E-state index is 6.38. The van der Waals surface area contributed by atoms with E-state index in [1.165, 1.54) is 0 Å². The molecule has 2 aromatic rings. The average Bonchev–Trinajstić information content (AvgIpc) is 2.87. The lowest BCUT2D eigenvalue weighted by molar-refractivity contribution is 0.223. The molecule has 0 bridgehead atoms. The van der Waals surface area contributed by atoms with Gasteiger partial charge >= 0.3 is 0 Å². The minimum atomic E-state index is -0.313. The van der Waals surface area contributed by atoms with Gasteiger partial charge in [-0.1, -0.05) is 47.3 Å². The van der Waals surface area contributed by atoms with Crippen LogP contribution in [0.3, 0.4) is 0 Å². The van der Waals surface area contributed by atoms with Gasteiger partial charge in [0.25, 0.3) is 0 Å². The molecule has 2 N–H and O–H groups in total. The van der Waals surface area contributed by atoms with Crippen molar-refractivity contribution in [3.05, 3.63) is 34.1 Å². The van der Waals surface area contributed by atoms with Crippen molar-refractivity contribution in [1.82, 2.24) is 10.1 Å². The lowest BCUT2D eigenvalue weighted by Gasteiger charge is -2.35. The van der Waals surface area contributed by atoms with Gasteiger partial charge in [0.2, 0.25) is 11.7 Å². The number of rotatable bonds is 2. The molecule has 22 heavy (non-hydrogen) atoms. The van der Waals surface area contributed by atoms with E-state index in [4.69, 9.17) is 33.5 Å². The first kappa shape index (κ1) is 17.5. The average molecular weight is 363 g/mol. The molecule has 120 valence electrons. The summed E-state index contributed by atoms with van der Waals surface area (Å²) in [5, 5.41) is 5.05. The fourth-order valence-electron chi connectivity index (χ4n) is 2.95. The fourth-order valence-corrected chi connectivity index (χ4v) is 3.52. The molecule has 1 aromatic carbocycles. The Morgan fingerprint density at radius 1 is 1.27 bits per heavy atom. The zero-order chi connectivity index (χ0) is 15.0. The van der Waals surface area contributed by atoms with Gasteiger partial charge in [-0.3, -0.25) is 0 Å². The molecule has 1 heterocycles. The van der Waals surface area contributed by atoms with Crippen LogP contribution < -0.4 is 5.73 Å². The van der Waals surface area contributed by atoms with Crippen LogP contribution in [-0.2, 0) is 0 Å². The predicted molar refractivity (Wildman–Crippen MR) is 90.8 cm³/mol. The predicted octanol–water partition coefficient (Wildman–Crippen LogP) is 4.84. The van der Waals surface area contributed by atoms with Gasteiger partial charge in [-0.15, -0.1) is 12.4 Å². The van der Waals surface area contributed by atoms with Crippen molar-refractivity contribution in [1.29, 1.82) is 0 Å². The maximum absolute atomic E-state index is 6.38. The lowest BCUT2D eigenvalue weighted by Crippen LogP contribution is -2.44. The van der Waals surface area contributed by atoms with Gasteiger partial charge in [0, 0.05) is 5.54 Å². The van der Waals surface area contributed by atoms with Crippen LogP contribution in [0.2, 0.25) is 10.0 Å². The Kier molecular flexibility index (Phi) is 5.38. The van der Waals surface area contributed by atoms with Gasteiger partial charge in [-0.05, 0) is 31.9 Å². The van der Waals surface area contributed by atoms with Crippen LogP contribution in [0.15, 0.2) is 22.7 Å². The van der Waals surface area contributed by atoms with E-state index in [0.717, 1.165) is 25.7 Å². The molecule has 1 aliphatic carbocycles. The van der Waals surface area contributed by atoms with Crippen molar-refractivity contribution in [2.75, 3.05) is 0 Å². The van der Waals surface area contributed by atoms with Crippen LogP contribution in [-0.4, -0.2) is 15.7 Å². The summed E-state index contributed by atoms with van der Waals surface area (Å²) < 4.78 is 5.45. The van der Waals surface area contributed by atoms with E-state index in [1.807, 2.05) is 6.92 Å². The van der Waals surface area contributed by atoms with Crippen molar-refractivity contribution in [3.8, 4) is 11.4 Å². The summed E-state index contributed by atoms with van der Waals surface area (Å²) in [4.78, 5) is 4.49. The lowest BCUT2D eigenvalue weighted by atomic mass is 9.74. The third-order valence-electron chi connectivity index (χ3n) is 4.18. The summed E-state index contributed by atoms with van der Waals surface area (Å²) in [5.74, 6) is 1.07. The second-order valence-corrected chi connectivity index (χ2v) is 6.67. The Balaban J connectivity index is 0.00000176. The highest BCUT2D eigenvalue weighted by Crippen LogP contribution is 2.40. The van der Waals surface area contributed by atoms with Crippen LogP contribution in [0.4, 0.5) is 0 Å². The van der Waals surface area contributed by atoms with E-state index in [0.29, 0.717) is 27.3 Å². The standard InChI is InChI=1S/C15H17Cl2N3O.ClH/c1-15(18)8-3-2-5-9(15)14-19-13(20-21-14)12-10(16)6-4-7-11(12)17;/h4,6-7,9H,2-3,5,8,18H2,1H3;1H. The van der Waals surface area contributed by atoms with Crippen LogP contribution in [0.25, 0.3) is 11.4 Å². The molecule has 2 atom stereocenters. The summed E-state index contributed by atoms with van der Waals surface area (Å²) in [6, 6.07) is 5.30. The van der Waals surface area contributed by atoms with Crippen molar-refractivity contribution in [3.63, 3.8) is 0 Å². The summed E-state index contributed by atoms with van der Waals surface area (Å²) in [6.45, 7) is 2.04. The Morgan fingerprint density at radius 2 is 1.95 bits per heavy atom. The van der Waals surface area contributed by atoms with E-state index in [1.54, 1.807) is 18.2 Å². The smallest absolute Gasteiger partial charge is 0.231 e. The quantitative estimate of drug-likeness (QED) is 0.830. The molecule has 0 spiro atoms. The summed E-state index contributed by atoms with van der Waals surface area (Å²) in [6.07, 6.45) is 4.19. The molecule has 3 rings (SSSR count). The van der Waals surface area contributed by atoms with Crippen LogP contribution in [0, 0.1) is 0 Å². The minimum Gasteiger partial charge on any atom is -0.339 e. The second kappa shape index (κ2) is 6.75. The number of hydrogen-bond acceptors (Lipinski definition) is 4. The van der Waals surface area contributed by atoms with Crippen molar-refractivity contribution in [2.45, 2.75) is 44.1 Å². The molecular weight excluding hydrogens is 345 g/mol. The number of nitrogens with two attached hydrogens (primary N) is 1. The number of benzene rings is 1. The normalized spacial score (nSPS) is 24.8. The Hall–Kier alpha value is -0.810. The SMILES string of the molecule is CC1(N)CCCCC1c1nc(-c2c(Cl)cccc2Cl)no1.Cl. The maximum Gasteiger partial charge on any atom is 0.231 e. The molecule has 1 aliphatic rings. The summed E-state index contributed by atoms with van der Waals surface area (Å²) >= 11 is 12.4. The molecule has 4 nitrogen and oxygen atoms in total. The van der Waals surface area contributed by atoms with Gasteiger partial charge in [0.05, 0.1) is 21.5 Å². The van der Waals surface area contributed by atoms with Gasteiger partial charge < -0.3 is 10.3 Å². The van der Waals surface area contributed by atoms with Crippen LogP contribution in [0.1, 0.15) is 44.4 Å². The van der Waals surface area contributed by atoms with E-state index in [9.17, 15) is 0 Å². The Morgan fingerprint density at radius 3 is 2.59 bits per heavy atom. The molecule has 1 fully saturated rings. The number of nitrogens with zero attached hydrogens (tertiary/aromatic N) is 2. The summed E-state index contributed by atoms with van der Waals surface area (Å²) in [7, 11) is 0. The first-order valence-corrected chi connectivity index (χ1v) is 7.81. The molecule has 0 saturated heterocycles. The van der Waals surface area contributed by atoms with Gasteiger partial charge in [0.1, 0.15) is 0 Å². The van der Waals surface area contributed by atoms with E-state index >= 15 is 0 Å².